The molecule has 0 saturated heterocycles. The fourth-order valence-electron chi connectivity index (χ4n) is 4.43. The molecule has 0 saturated carbocycles. The summed E-state index contributed by atoms with van der Waals surface area (Å²) in [5.41, 5.74) is 3.25. The standard InChI is InChI=1S/C29H39ClN4O6S2Si/c1-9-33-26(40-18(2)21-11-10-19(12-22(21)30)16-39-43(7,8)29(3,4)5)25(28(35)36)41-27(33)23-13-32-24-14-31-20(15-34(23)24)17-42(6,37)38/h10-15,18,27H,9,16-17H2,1-8H3,(H,35,36)/t18-,27?/m1/s1. The predicted molar refractivity (Wildman–Crippen MR) is 172 cm³/mol. The fourth-order valence-corrected chi connectivity index (χ4v) is 7.69. The third-order valence-corrected chi connectivity index (χ3v) is 14.8. The molecule has 3 heterocycles. The van der Waals surface area contributed by atoms with E-state index < -0.39 is 35.6 Å². The van der Waals surface area contributed by atoms with E-state index in [2.05, 4.69) is 43.8 Å². The molecule has 1 aliphatic rings. The van der Waals surface area contributed by atoms with Crippen molar-refractivity contribution in [3.8, 4) is 0 Å². The highest BCUT2D eigenvalue weighted by atomic mass is 35.5. The van der Waals surface area contributed by atoms with Crippen LogP contribution in [0.3, 0.4) is 0 Å². The van der Waals surface area contributed by atoms with Crippen LogP contribution in [0.2, 0.25) is 23.2 Å². The molecule has 1 aromatic carbocycles. The highest BCUT2D eigenvalue weighted by molar-refractivity contribution is 8.04. The van der Waals surface area contributed by atoms with Gasteiger partial charge in [0.05, 0.1) is 36.1 Å². The molecule has 0 fully saturated rings. The summed E-state index contributed by atoms with van der Waals surface area (Å²) in [4.78, 5) is 23.0. The SMILES string of the molecule is CCN1C(O[C@H](C)c2ccc(CO[Si](C)(C)C(C)(C)C)cc2Cl)=C(C(=O)O)SC1c1cnc2cnc(CS(C)(=O)=O)cn12. The van der Waals surface area contributed by atoms with Gasteiger partial charge in [-0.3, -0.25) is 9.38 Å². The van der Waals surface area contributed by atoms with Crippen molar-refractivity contribution < 1.29 is 27.5 Å². The summed E-state index contributed by atoms with van der Waals surface area (Å²) < 4.78 is 38.2. The van der Waals surface area contributed by atoms with E-state index in [0.717, 1.165) is 29.1 Å². The first kappa shape index (κ1) is 33.3. The molecule has 0 bridgehead atoms. The Morgan fingerprint density at radius 1 is 1.23 bits per heavy atom. The Morgan fingerprint density at radius 3 is 2.51 bits per heavy atom. The second-order valence-corrected chi connectivity index (χ2v) is 20.7. The molecular formula is C29H39ClN4O6S2Si. The molecule has 10 nitrogen and oxygen atoms in total. The van der Waals surface area contributed by atoms with E-state index in [0.29, 0.717) is 35.2 Å². The number of benzene rings is 1. The second-order valence-electron chi connectivity index (χ2n) is 12.2. The number of carboxylic acid groups (broad SMARTS) is 1. The molecule has 14 heteroatoms. The summed E-state index contributed by atoms with van der Waals surface area (Å²) in [5, 5.41) is 10.3. The molecule has 2 aromatic heterocycles. The van der Waals surface area contributed by atoms with Gasteiger partial charge in [0.2, 0.25) is 5.88 Å². The van der Waals surface area contributed by atoms with E-state index in [-0.39, 0.29) is 21.6 Å². The van der Waals surface area contributed by atoms with Crippen LogP contribution in [0.15, 0.2) is 47.6 Å². The number of hydrogen-bond donors (Lipinski definition) is 1. The average molecular weight is 667 g/mol. The molecule has 43 heavy (non-hydrogen) atoms. The Hall–Kier alpha value is -2.58. The minimum atomic E-state index is -3.30. The number of rotatable bonds is 11. The second kappa shape index (κ2) is 12.4. The Labute approximate surface area is 263 Å². The van der Waals surface area contributed by atoms with E-state index in [4.69, 9.17) is 20.8 Å². The van der Waals surface area contributed by atoms with Gasteiger partial charge in [0.1, 0.15) is 11.5 Å². The van der Waals surface area contributed by atoms with Gasteiger partial charge >= 0.3 is 5.97 Å². The van der Waals surface area contributed by atoms with Gasteiger partial charge < -0.3 is 19.2 Å². The molecular weight excluding hydrogens is 628 g/mol. The van der Waals surface area contributed by atoms with Crippen molar-refractivity contribution in [1.29, 1.82) is 0 Å². The van der Waals surface area contributed by atoms with Gasteiger partial charge in [-0.25, -0.2) is 18.2 Å². The maximum atomic E-state index is 12.4. The van der Waals surface area contributed by atoms with Crippen LogP contribution in [-0.2, 0) is 36.2 Å². The summed E-state index contributed by atoms with van der Waals surface area (Å²) in [5.74, 6) is -1.09. The van der Waals surface area contributed by atoms with E-state index in [9.17, 15) is 18.3 Å². The molecule has 0 aliphatic carbocycles. The van der Waals surface area contributed by atoms with Crippen molar-refractivity contribution in [2.75, 3.05) is 12.8 Å². The van der Waals surface area contributed by atoms with Crippen molar-refractivity contribution in [2.45, 2.75) is 76.6 Å². The summed E-state index contributed by atoms with van der Waals surface area (Å²) in [6.07, 6.45) is 5.39. The number of aliphatic carboxylic acids is 1. The molecule has 234 valence electrons. The third-order valence-electron chi connectivity index (χ3n) is 7.84. The minimum Gasteiger partial charge on any atom is -0.477 e. The van der Waals surface area contributed by atoms with Crippen LogP contribution < -0.4 is 0 Å². The highest BCUT2D eigenvalue weighted by Gasteiger charge is 2.40. The van der Waals surface area contributed by atoms with Crippen LogP contribution in [0.1, 0.15) is 68.6 Å². The average Bonchev–Trinajstić information content (AvgIpc) is 3.46. The number of hydrogen-bond acceptors (Lipinski definition) is 9. The van der Waals surface area contributed by atoms with Gasteiger partial charge in [-0.05, 0) is 43.6 Å². The van der Waals surface area contributed by atoms with Gasteiger partial charge in [-0.15, -0.1) is 0 Å². The largest absolute Gasteiger partial charge is 0.477 e. The number of fused-ring (bicyclic) bond motifs is 1. The number of ether oxygens (including phenoxy) is 1. The van der Waals surface area contributed by atoms with E-state index in [1.54, 1.807) is 16.8 Å². The molecule has 1 N–H and O–H groups in total. The Balaban J connectivity index is 1.59. The number of nitrogens with zero attached hydrogens (tertiary/aromatic N) is 4. The molecule has 0 amide bonds. The topological polar surface area (TPSA) is 123 Å². The van der Waals surface area contributed by atoms with Gasteiger partial charge in [-0.1, -0.05) is 56.3 Å². The molecule has 0 spiro atoms. The van der Waals surface area contributed by atoms with Gasteiger partial charge in [-0.2, -0.15) is 0 Å². The Bertz CT molecular complexity index is 1670. The first-order chi connectivity index (χ1) is 19.9. The Morgan fingerprint density at radius 2 is 1.93 bits per heavy atom. The van der Waals surface area contributed by atoms with Crippen molar-refractivity contribution in [2.24, 2.45) is 0 Å². The first-order valence-electron chi connectivity index (χ1n) is 13.9. The quantitative estimate of drug-likeness (QED) is 0.225. The number of aromatic nitrogens is 3. The smallest absolute Gasteiger partial charge is 0.347 e. The number of carbonyl (C=O) groups is 1. The van der Waals surface area contributed by atoms with Crippen molar-refractivity contribution >= 4 is 53.1 Å². The lowest BCUT2D eigenvalue weighted by atomic mass is 10.1. The van der Waals surface area contributed by atoms with Crippen LogP contribution >= 0.6 is 23.4 Å². The lowest BCUT2D eigenvalue weighted by Crippen LogP contribution is -2.40. The number of carboxylic acids is 1. The van der Waals surface area contributed by atoms with Gasteiger partial charge in [0, 0.05) is 29.6 Å². The fraction of sp³-hybridized carbons (Fsp3) is 0.483. The zero-order valence-corrected chi connectivity index (χ0v) is 29.1. The van der Waals surface area contributed by atoms with E-state index in [1.165, 1.54) is 6.20 Å². The van der Waals surface area contributed by atoms with Gasteiger partial charge in [0.15, 0.2) is 28.7 Å². The summed E-state index contributed by atoms with van der Waals surface area (Å²) in [6.45, 7) is 15.7. The Kier molecular flexibility index (Phi) is 9.63. The van der Waals surface area contributed by atoms with Crippen LogP contribution in [0.4, 0.5) is 0 Å². The monoisotopic (exact) mass is 666 g/mol. The number of imidazole rings is 1. The van der Waals surface area contributed by atoms with Crippen molar-refractivity contribution in [3.05, 3.63) is 75.1 Å². The van der Waals surface area contributed by atoms with Crippen LogP contribution in [0, 0.1) is 0 Å². The lowest BCUT2D eigenvalue weighted by molar-refractivity contribution is -0.132. The van der Waals surface area contributed by atoms with E-state index in [1.807, 2.05) is 36.9 Å². The summed E-state index contributed by atoms with van der Waals surface area (Å²) in [6, 6.07) is 5.74. The van der Waals surface area contributed by atoms with Crippen molar-refractivity contribution in [1.82, 2.24) is 19.3 Å². The number of sulfone groups is 1. The molecule has 0 radical (unpaired) electrons. The maximum absolute atomic E-state index is 12.4. The molecule has 1 unspecified atom stereocenters. The molecule has 2 atom stereocenters. The number of thioether (sulfide) groups is 1. The predicted octanol–water partition coefficient (Wildman–Crippen LogP) is 6.55. The maximum Gasteiger partial charge on any atom is 0.347 e. The molecule has 1 aliphatic heterocycles. The first-order valence-corrected chi connectivity index (χ1v) is 20.1. The third kappa shape index (κ3) is 7.39. The van der Waals surface area contributed by atoms with Crippen molar-refractivity contribution in [3.63, 3.8) is 0 Å². The summed E-state index contributed by atoms with van der Waals surface area (Å²) in [7, 11) is -5.23. The van der Waals surface area contributed by atoms with E-state index >= 15 is 0 Å². The highest BCUT2D eigenvalue weighted by Crippen LogP contribution is 2.49. The van der Waals surface area contributed by atoms with Crippen LogP contribution in [0.25, 0.3) is 5.65 Å². The van der Waals surface area contributed by atoms with Crippen LogP contribution in [0.5, 0.6) is 0 Å². The zero-order chi connectivity index (χ0) is 31.9. The summed E-state index contributed by atoms with van der Waals surface area (Å²) >= 11 is 7.86. The minimum absolute atomic E-state index is 0.0644. The lowest BCUT2D eigenvalue weighted by Gasteiger charge is -2.36. The molecule has 4 rings (SSSR count). The molecule has 3 aromatic rings. The zero-order valence-electron chi connectivity index (χ0n) is 25.7. The normalized spacial score (nSPS) is 17.1. The van der Waals surface area contributed by atoms with Gasteiger partial charge in [0.25, 0.3) is 0 Å². The number of halogens is 1. The van der Waals surface area contributed by atoms with Crippen LogP contribution in [-0.4, -0.2) is 59.9 Å².